The molecule has 0 aliphatic heterocycles. The Morgan fingerprint density at radius 1 is 1.47 bits per heavy atom. The number of rotatable bonds is 5. The first kappa shape index (κ1) is 16.4. The third kappa shape index (κ3) is 4.18. The number of hydrogen-bond acceptors (Lipinski definition) is 3. The van der Waals surface area contributed by atoms with Crippen LogP contribution in [0, 0.1) is 0 Å². The van der Waals surface area contributed by atoms with Crippen molar-refractivity contribution in [3.05, 3.63) is 28.2 Å². The van der Waals surface area contributed by atoms with Crippen molar-refractivity contribution in [2.75, 3.05) is 6.61 Å². The molecule has 0 aliphatic rings. The summed E-state index contributed by atoms with van der Waals surface area (Å²) in [6.07, 6.45) is 0. The molecular formula is C13H15BrF2O2S. The van der Waals surface area contributed by atoms with Gasteiger partial charge in [-0.15, -0.1) is 11.8 Å². The highest BCUT2D eigenvalue weighted by molar-refractivity contribution is 9.10. The van der Waals surface area contributed by atoms with Gasteiger partial charge in [-0.25, -0.2) is 4.79 Å². The smallest absolute Gasteiger partial charge is 0.381 e. The zero-order chi connectivity index (χ0) is 14.6. The van der Waals surface area contributed by atoms with Gasteiger partial charge in [0, 0.05) is 20.2 Å². The van der Waals surface area contributed by atoms with Crippen LogP contribution in [0.2, 0.25) is 0 Å². The molecule has 0 amide bonds. The molecule has 0 fully saturated rings. The van der Waals surface area contributed by atoms with E-state index in [4.69, 9.17) is 0 Å². The summed E-state index contributed by atoms with van der Waals surface area (Å²) in [4.78, 5) is 12.1. The molecule has 0 saturated carbocycles. The average molecular weight is 353 g/mol. The van der Waals surface area contributed by atoms with Crippen LogP contribution < -0.4 is 0 Å². The van der Waals surface area contributed by atoms with Gasteiger partial charge in [0.25, 0.3) is 0 Å². The molecule has 106 valence electrons. The predicted octanol–water partition coefficient (Wildman–Crippen LogP) is 4.60. The molecule has 0 aliphatic carbocycles. The van der Waals surface area contributed by atoms with Crippen LogP contribution in [0.1, 0.15) is 26.3 Å². The molecule has 1 aromatic rings. The minimum atomic E-state index is -3.63. The van der Waals surface area contributed by atoms with Gasteiger partial charge >= 0.3 is 11.9 Å². The molecule has 0 aromatic heterocycles. The summed E-state index contributed by atoms with van der Waals surface area (Å²) < 4.78 is 32.6. The third-order valence-corrected chi connectivity index (χ3v) is 4.19. The maximum absolute atomic E-state index is 13.8. The van der Waals surface area contributed by atoms with Crippen molar-refractivity contribution >= 4 is 33.7 Å². The van der Waals surface area contributed by atoms with Crippen molar-refractivity contribution < 1.29 is 18.3 Å². The maximum Gasteiger partial charge on any atom is 0.381 e. The molecule has 0 unspecified atom stereocenters. The van der Waals surface area contributed by atoms with Gasteiger partial charge < -0.3 is 4.74 Å². The van der Waals surface area contributed by atoms with E-state index in [-0.39, 0.29) is 12.2 Å². The summed E-state index contributed by atoms with van der Waals surface area (Å²) in [5, 5.41) is 0.340. The molecule has 6 heteroatoms. The molecule has 1 aromatic carbocycles. The van der Waals surface area contributed by atoms with Crippen LogP contribution in [0.25, 0.3) is 0 Å². The molecule has 0 spiro atoms. The fourth-order valence-corrected chi connectivity index (χ4v) is 2.87. The molecule has 0 radical (unpaired) electrons. The lowest BCUT2D eigenvalue weighted by Crippen LogP contribution is -2.28. The van der Waals surface area contributed by atoms with Crippen LogP contribution in [0.4, 0.5) is 8.78 Å². The highest BCUT2D eigenvalue weighted by Crippen LogP contribution is 2.36. The van der Waals surface area contributed by atoms with Gasteiger partial charge in [0.2, 0.25) is 0 Å². The maximum atomic E-state index is 13.8. The Balaban J connectivity index is 3.02. The number of alkyl halides is 2. The Morgan fingerprint density at radius 3 is 2.58 bits per heavy atom. The van der Waals surface area contributed by atoms with Gasteiger partial charge in [0.15, 0.2) is 0 Å². The van der Waals surface area contributed by atoms with Crippen molar-refractivity contribution in [2.45, 2.75) is 36.8 Å². The van der Waals surface area contributed by atoms with Crippen LogP contribution in [-0.4, -0.2) is 17.8 Å². The second-order valence-electron chi connectivity index (χ2n) is 4.11. The number of carbonyl (C=O) groups is 1. The summed E-state index contributed by atoms with van der Waals surface area (Å²) in [5.41, 5.74) is -0.370. The fraction of sp³-hybridized carbons (Fsp3) is 0.462. The summed E-state index contributed by atoms with van der Waals surface area (Å²) >= 11 is 4.81. The number of carbonyl (C=O) groups excluding carboxylic acids is 1. The number of hydrogen-bond donors (Lipinski definition) is 0. The van der Waals surface area contributed by atoms with Crippen LogP contribution in [0.3, 0.4) is 0 Å². The molecule has 0 atom stereocenters. The van der Waals surface area contributed by atoms with Gasteiger partial charge in [-0.1, -0.05) is 19.9 Å². The molecular weight excluding hydrogens is 338 g/mol. The first-order valence-electron chi connectivity index (χ1n) is 5.80. The molecule has 1 rings (SSSR count). The lowest BCUT2D eigenvalue weighted by atomic mass is 10.1. The molecule has 2 nitrogen and oxygen atoms in total. The number of ether oxygens (including phenoxy) is 1. The van der Waals surface area contributed by atoms with E-state index < -0.39 is 11.9 Å². The van der Waals surface area contributed by atoms with Gasteiger partial charge in [-0.2, -0.15) is 8.78 Å². The predicted molar refractivity (Wildman–Crippen MR) is 75.7 cm³/mol. The van der Waals surface area contributed by atoms with Crippen molar-refractivity contribution in [1.82, 2.24) is 0 Å². The Morgan fingerprint density at radius 2 is 2.11 bits per heavy atom. The number of halogens is 3. The number of thioether (sulfide) groups is 1. The summed E-state index contributed by atoms with van der Waals surface area (Å²) in [6, 6.07) is 4.10. The van der Waals surface area contributed by atoms with Crippen LogP contribution in [0.5, 0.6) is 0 Å². The largest absolute Gasteiger partial charge is 0.461 e. The standard InChI is InChI=1S/C13H15BrF2O2S/c1-4-18-12(17)13(15,16)9-5-6-11(10(14)7-9)19-8(2)3/h5-8H,4H2,1-3H3. The van der Waals surface area contributed by atoms with Crippen molar-refractivity contribution in [3.8, 4) is 0 Å². The average Bonchev–Trinajstić information content (AvgIpc) is 2.31. The van der Waals surface area contributed by atoms with E-state index >= 15 is 0 Å². The summed E-state index contributed by atoms with van der Waals surface area (Å²) in [5.74, 6) is -5.15. The zero-order valence-electron chi connectivity index (χ0n) is 10.9. The first-order valence-corrected chi connectivity index (χ1v) is 7.48. The number of esters is 1. The van der Waals surface area contributed by atoms with E-state index in [1.54, 1.807) is 17.8 Å². The Bertz CT molecular complexity index is 464. The van der Waals surface area contributed by atoms with E-state index in [0.717, 1.165) is 4.90 Å². The quantitative estimate of drug-likeness (QED) is 0.571. The Kier molecular flexibility index (Phi) is 5.80. The van der Waals surface area contributed by atoms with Gasteiger partial charge in [-0.05, 0) is 35.0 Å². The monoisotopic (exact) mass is 352 g/mol. The van der Waals surface area contributed by atoms with Crippen molar-refractivity contribution in [3.63, 3.8) is 0 Å². The van der Waals surface area contributed by atoms with E-state index in [0.29, 0.717) is 9.72 Å². The Labute approximate surface area is 124 Å². The van der Waals surface area contributed by atoms with Crippen LogP contribution in [-0.2, 0) is 15.5 Å². The molecule has 19 heavy (non-hydrogen) atoms. The van der Waals surface area contributed by atoms with Crippen molar-refractivity contribution in [2.24, 2.45) is 0 Å². The lowest BCUT2D eigenvalue weighted by molar-refractivity contribution is -0.173. The van der Waals surface area contributed by atoms with Crippen LogP contribution >= 0.6 is 27.7 Å². The minimum absolute atomic E-state index is 0.0725. The molecule has 0 saturated heterocycles. The highest BCUT2D eigenvalue weighted by Gasteiger charge is 2.42. The number of benzene rings is 1. The fourth-order valence-electron chi connectivity index (χ4n) is 1.39. The van der Waals surface area contributed by atoms with Crippen LogP contribution in [0.15, 0.2) is 27.6 Å². The molecule has 0 N–H and O–H groups in total. The summed E-state index contributed by atoms with van der Waals surface area (Å²) in [6.45, 7) is 5.44. The first-order chi connectivity index (χ1) is 8.78. The topological polar surface area (TPSA) is 26.3 Å². The van der Waals surface area contributed by atoms with Crippen molar-refractivity contribution in [1.29, 1.82) is 0 Å². The summed E-state index contributed by atoms with van der Waals surface area (Å²) in [7, 11) is 0. The SMILES string of the molecule is CCOC(=O)C(F)(F)c1ccc(SC(C)C)c(Br)c1. The van der Waals surface area contributed by atoms with E-state index in [9.17, 15) is 13.6 Å². The van der Waals surface area contributed by atoms with E-state index in [2.05, 4.69) is 20.7 Å². The van der Waals surface area contributed by atoms with Gasteiger partial charge in [0.05, 0.1) is 6.61 Å². The van der Waals surface area contributed by atoms with E-state index in [1.165, 1.54) is 19.1 Å². The zero-order valence-corrected chi connectivity index (χ0v) is 13.3. The molecule has 0 heterocycles. The second-order valence-corrected chi connectivity index (χ2v) is 6.58. The third-order valence-electron chi connectivity index (χ3n) is 2.19. The Hall–Kier alpha value is -0.620. The lowest BCUT2D eigenvalue weighted by Gasteiger charge is -2.16. The van der Waals surface area contributed by atoms with Gasteiger partial charge in [0.1, 0.15) is 0 Å². The second kappa shape index (κ2) is 6.70. The minimum Gasteiger partial charge on any atom is -0.461 e. The highest BCUT2D eigenvalue weighted by atomic mass is 79.9. The normalized spacial score (nSPS) is 11.7. The van der Waals surface area contributed by atoms with E-state index in [1.807, 2.05) is 13.8 Å². The molecule has 0 bridgehead atoms. The van der Waals surface area contributed by atoms with Gasteiger partial charge in [-0.3, -0.25) is 0 Å².